The fourth-order valence-electron chi connectivity index (χ4n) is 2.73. The summed E-state index contributed by atoms with van der Waals surface area (Å²) in [4.78, 5) is 16.2. The molecular formula is C19H22ClN3O2. The summed E-state index contributed by atoms with van der Waals surface area (Å²) < 4.78 is 5.38. The smallest absolute Gasteiger partial charge is 0.321 e. The van der Waals surface area contributed by atoms with E-state index in [0.29, 0.717) is 11.6 Å². The van der Waals surface area contributed by atoms with Gasteiger partial charge in [0.2, 0.25) is 0 Å². The van der Waals surface area contributed by atoms with Gasteiger partial charge in [0.1, 0.15) is 0 Å². The van der Waals surface area contributed by atoms with Gasteiger partial charge in [0, 0.05) is 43.1 Å². The molecule has 0 bridgehead atoms. The second kappa shape index (κ2) is 8.23. The van der Waals surface area contributed by atoms with Gasteiger partial charge in [-0.3, -0.25) is 0 Å². The third-order valence-corrected chi connectivity index (χ3v) is 4.43. The third-order valence-electron chi connectivity index (χ3n) is 4.17. The average Bonchev–Trinajstić information content (AvgIpc) is 2.65. The zero-order valence-electron chi connectivity index (χ0n) is 14.2. The van der Waals surface area contributed by atoms with Crippen molar-refractivity contribution in [2.45, 2.75) is 6.54 Å². The van der Waals surface area contributed by atoms with E-state index in [2.05, 4.69) is 34.5 Å². The van der Waals surface area contributed by atoms with Gasteiger partial charge in [-0.05, 0) is 42.0 Å². The van der Waals surface area contributed by atoms with Crippen molar-refractivity contribution in [2.75, 3.05) is 43.6 Å². The molecule has 0 aromatic heterocycles. The summed E-state index contributed by atoms with van der Waals surface area (Å²) in [6, 6.07) is 15.3. The maximum Gasteiger partial charge on any atom is 0.321 e. The van der Waals surface area contributed by atoms with Crippen LogP contribution in [0.25, 0.3) is 0 Å². The van der Waals surface area contributed by atoms with Gasteiger partial charge in [-0.1, -0.05) is 23.7 Å². The van der Waals surface area contributed by atoms with E-state index >= 15 is 0 Å². The van der Waals surface area contributed by atoms with Gasteiger partial charge in [0.25, 0.3) is 0 Å². The molecule has 1 fully saturated rings. The van der Waals surface area contributed by atoms with Crippen LogP contribution in [0.4, 0.5) is 16.2 Å². The Labute approximate surface area is 153 Å². The summed E-state index contributed by atoms with van der Waals surface area (Å²) in [5, 5.41) is 3.50. The molecule has 0 radical (unpaired) electrons. The van der Waals surface area contributed by atoms with Crippen LogP contribution in [0.2, 0.25) is 5.02 Å². The minimum Gasteiger partial charge on any atom is -0.378 e. The summed E-state index contributed by atoms with van der Waals surface area (Å²) in [5.74, 6) is 0. The number of nitrogens with one attached hydrogen (secondary N) is 1. The number of hydrogen-bond donors (Lipinski definition) is 1. The summed E-state index contributed by atoms with van der Waals surface area (Å²) >= 11 is 5.85. The number of halogens is 1. The Morgan fingerprint density at radius 3 is 2.40 bits per heavy atom. The van der Waals surface area contributed by atoms with Crippen LogP contribution in [0, 0.1) is 0 Å². The predicted octanol–water partition coefficient (Wildman–Crippen LogP) is 3.84. The number of carbonyl (C=O) groups is 1. The largest absolute Gasteiger partial charge is 0.378 e. The average molecular weight is 360 g/mol. The first-order valence-electron chi connectivity index (χ1n) is 8.31. The Balaban J connectivity index is 1.55. The van der Waals surface area contributed by atoms with Gasteiger partial charge in [-0.2, -0.15) is 0 Å². The molecule has 0 unspecified atom stereocenters. The summed E-state index contributed by atoms with van der Waals surface area (Å²) in [7, 11) is 1.78. The Bertz CT molecular complexity index is 698. The van der Waals surface area contributed by atoms with Crippen LogP contribution in [0.3, 0.4) is 0 Å². The molecule has 2 amide bonds. The number of urea groups is 1. The van der Waals surface area contributed by atoms with Crippen LogP contribution >= 0.6 is 11.6 Å². The van der Waals surface area contributed by atoms with Crippen LogP contribution in [0.5, 0.6) is 0 Å². The van der Waals surface area contributed by atoms with Crippen molar-refractivity contribution in [1.29, 1.82) is 0 Å². The first-order valence-corrected chi connectivity index (χ1v) is 8.69. The minimum absolute atomic E-state index is 0.153. The molecule has 0 atom stereocenters. The molecule has 0 aliphatic carbocycles. The molecule has 2 aromatic rings. The highest BCUT2D eigenvalue weighted by Gasteiger charge is 2.12. The monoisotopic (exact) mass is 359 g/mol. The first kappa shape index (κ1) is 17.6. The van der Waals surface area contributed by atoms with Gasteiger partial charge in [-0.15, -0.1) is 0 Å². The van der Waals surface area contributed by atoms with E-state index in [0.717, 1.165) is 37.6 Å². The van der Waals surface area contributed by atoms with Crippen LogP contribution in [-0.4, -0.2) is 44.3 Å². The number of hydrogen-bond acceptors (Lipinski definition) is 3. The molecule has 0 saturated carbocycles. The fraction of sp³-hybridized carbons (Fsp3) is 0.316. The van der Waals surface area contributed by atoms with Gasteiger partial charge >= 0.3 is 6.03 Å². The molecular weight excluding hydrogens is 338 g/mol. The summed E-state index contributed by atoms with van der Waals surface area (Å²) in [5.41, 5.74) is 3.01. The number of rotatable bonds is 4. The van der Waals surface area contributed by atoms with E-state index in [4.69, 9.17) is 16.3 Å². The second-order valence-corrected chi connectivity index (χ2v) is 6.50. The van der Waals surface area contributed by atoms with Crippen molar-refractivity contribution in [1.82, 2.24) is 4.90 Å². The highest BCUT2D eigenvalue weighted by molar-refractivity contribution is 6.30. The Hall–Kier alpha value is -2.24. The Kier molecular flexibility index (Phi) is 5.79. The zero-order valence-corrected chi connectivity index (χ0v) is 15.0. The van der Waals surface area contributed by atoms with Gasteiger partial charge in [-0.25, -0.2) is 4.79 Å². The number of morpholine rings is 1. The van der Waals surface area contributed by atoms with Crippen LogP contribution in [0.15, 0.2) is 48.5 Å². The number of nitrogens with zero attached hydrogens (tertiary/aromatic N) is 2. The maximum absolute atomic E-state index is 12.3. The predicted molar refractivity (Wildman–Crippen MR) is 101 cm³/mol. The second-order valence-electron chi connectivity index (χ2n) is 6.06. The van der Waals surface area contributed by atoms with Gasteiger partial charge in [0.05, 0.1) is 13.2 Å². The fourth-order valence-corrected chi connectivity index (χ4v) is 2.86. The highest BCUT2D eigenvalue weighted by atomic mass is 35.5. The number of carbonyl (C=O) groups excluding carboxylic acids is 1. The molecule has 25 heavy (non-hydrogen) atoms. The molecule has 1 N–H and O–H groups in total. The molecule has 6 heteroatoms. The lowest BCUT2D eigenvalue weighted by Gasteiger charge is -2.29. The van der Waals surface area contributed by atoms with Gasteiger partial charge in [0.15, 0.2) is 0 Å². The zero-order chi connectivity index (χ0) is 17.6. The third kappa shape index (κ3) is 4.87. The van der Waals surface area contributed by atoms with Crippen molar-refractivity contribution in [2.24, 2.45) is 0 Å². The Morgan fingerprint density at radius 1 is 1.12 bits per heavy atom. The Morgan fingerprint density at radius 2 is 1.76 bits per heavy atom. The van der Waals surface area contributed by atoms with E-state index in [-0.39, 0.29) is 6.03 Å². The van der Waals surface area contributed by atoms with E-state index in [1.807, 2.05) is 0 Å². The molecule has 0 spiro atoms. The molecule has 1 heterocycles. The molecule has 5 nitrogen and oxygen atoms in total. The standard InChI is InChI=1S/C19H22ClN3O2/c1-22(19(24)21-17-6-4-16(20)5-7-17)14-15-2-8-18(9-3-15)23-10-12-25-13-11-23/h2-9H,10-14H2,1H3,(H,21,24). The quantitative estimate of drug-likeness (QED) is 0.902. The van der Waals surface area contributed by atoms with Crippen molar-refractivity contribution >= 4 is 29.0 Å². The summed E-state index contributed by atoms with van der Waals surface area (Å²) in [6.45, 7) is 3.93. The lowest BCUT2D eigenvalue weighted by Crippen LogP contribution is -2.36. The van der Waals surface area contributed by atoms with Gasteiger partial charge < -0.3 is 19.9 Å². The maximum atomic E-state index is 12.3. The topological polar surface area (TPSA) is 44.8 Å². The SMILES string of the molecule is CN(Cc1ccc(N2CCOCC2)cc1)C(=O)Nc1ccc(Cl)cc1. The van der Waals surface area contributed by atoms with Crippen LogP contribution in [-0.2, 0) is 11.3 Å². The van der Waals surface area contributed by atoms with Crippen molar-refractivity contribution in [3.63, 3.8) is 0 Å². The van der Waals surface area contributed by atoms with E-state index < -0.39 is 0 Å². The first-order chi connectivity index (χ1) is 12.1. The normalized spacial score (nSPS) is 14.2. The van der Waals surface area contributed by atoms with E-state index in [1.54, 1.807) is 36.2 Å². The number of anilines is 2. The minimum atomic E-state index is -0.153. The highest BCUT2D eigenvalue weighted by Crippen LogP contribution is 2.18. The molecule has 1 saturated heterocycles. The lowest BCUT2D eigenvalue weighted by molar-refractivity contribution is 0.122. The van der Waals surface area contributed by atoms with Crippen LogP contribution < -0.4 is 10.2 Å². The van der Waals surface area contributed by atoms with E-state index in [9.17, 15) is 4.79 Å². The van der Waals surface area contributed by atoms with Crippen LogP contribution in [0.1, 0.15) is 5.56 Å². The number of benzene rings is 2. The molecule has 3 rings (SSSR count). The van der Waals surface area contributed by atoms with Crippen molar-refractivity contribution in [3.05, 3.63) is 59.1 Å². The van der Waals surface area contributed by atoms with Crippen molar-refractivity contribution in [3.8, 4) is 0 Å². The molecule has 1 aliphatic rings. The van der Waals surface area contributed by atoms with Crippen molar-refractivity contribution < 1.29 is 9.53 Å². The molecule has 2 aromatic carbocycles. The number of amides is 2. The van der Waals surface area contributed by atoms with E-state index in [1.165, 1.54) is 5.69 Å². The molecule has 1 aliphatic heterocycles. The summed E-state index contributed by atoms with van der Waals surface area (Å²) in [6.07, 6.45) is 0. The molecule has 132 valence electrons. The lowest BCUT2D eigenvalue weighted by atomic mass is 10.2. The number of ether oxygens (including phenoxy) is 1.